The number of rotatable bonds is 10. The molecule has 0 saturated heterocycles. The second-order valence-corrected chi connectivity index (χ2v) is 5.69. The van der Waals surface area contributed by atoms with Crippen molar-refractivity contribution in [2.45, 2.75) is 58.2 Å². The van der Waals surface area contributed by atoms with Crippen LogP contribution >= 0.6 is 0 Å². The highest BCUT2D eigenvalue weighted by molar-refractivity contribution is 5.90. The van der Waals surface area contributed by atoms with Gasteiger partial charge in [0.15, 0.2) is 0 Å². The Morgan fingerprint density at radius 3 is 2.00 bits per heavy atom. The van der Waals surface area contributed by atoms with Gasteiger partial charge in [-0.05, 0) is 25.7 Å². The summed E-state index contributed by atoms with van der Waals surface area (Å²) in [6, 6.07) is -2.95. The highest BCUT2D eigenvalue weighted by Crippen LogP contribution is 2.03. The number of carbonyl (C=O) groups excluding carboxylic acids is 2. The Labute approximate surface area is 134 Å². The molecule has 6 N–H and O–H groups in total. The molecule has 0 saturated carbocycles. The van der Waals surface area contributed by atoms with Crippen molar-refractivity contribution in [2.24, 2.45) is 11.7 Å². The third-order valence-corrected chi connectivity index (χ3v) is 3.24. The van der Waals surface area contributed by atoms with Gasteiger partial charge < -0.3 is 26.6 Å². The lowest BCUT2D eigenvalue weighted by Gasteiger charge is -2.21. The molecule has 23 heavy (non-hydrogen) atoms. The van der Waals surface area contributed by atoms with Crippen molar-refractivity contribution < 1.29 is 29.4 Å². The second kappa shape index (κ2) is 9.78. The maximum atomic E-state index is 11.9. The molecule has 0 aromatic carbocycles. The van der Waals surface area contributed by atoms with Crippen molar-refractivity contribution in [1.29, 1.82) is 0 Å². The van der Waals surface area contributed by atoms with Crippen LogP contribution in [-0.4, -0.2) is 52.1 Å². The van der Waals surface area contributed by atoms with E-state index in [0.717, 1.165) is 0 Å². The average Bonchev–Trinajstić information content (AvgIpc) is 2.43. The van der Waals surface area contributed by atoms with Crippen molar-refractivity contribution in [2.75, 3.05) is 0 Å². The fourth-order valence-corrected chi connectivity index (χ4v) is 1.78. The SMILES string of the molecule is CC(NC(=O)CCCC(N)C(=O)O)C(=O)NC(C(=O)O)C(C)C. The predicted octanol–water partition coefficient (Wildman–Crippen LogP) is -0.701. The van der Waals surface area contributed by atoms with Crippen LogP contribution in [0, 0.1) is 5.92 Å². The number of aliphatic carboxylic acids is 2. The van der Waals surface area contributed by atoms with E-state index in [-0.39, 0.29) is 25.2 Å². The molecule has 0 rings (SSSR count). The van der Waals surface area contributed by atoms with Gasteiger partial charge in [-0.25, -0.2) is 4.79 Å². The summed E-state index contributed by atoms with van der Waals surface area (Å²) in [7, 11) is 0. The van der Waals surface area contributed by atoms with E-state index in [2.05, 4.69) is 10.6 Å². The first-order chi connectivity index (χ1) is 10.6. The van der Waals surface area contributed by atoms with Gasteiger partial charge >= 0.3 is 11.9 Å². The number of nitrogens with two attached hydrogens (primary N) is 1. The second-order valence-electron chi connectivity index (χ2n) is 5.69. The van der Waals surface area contributed by atoms with Crippen molar-refractivity contribution in [3.8, 4) is 0 Å². The van der Waals surface area contributed by atoms with E-state index in [1.807, 2.05) is 0 Å². The molecule has 0 bridgehead atoms. The van der Waals surface area contributed by atoms with E-state index in [0.29, 0.717) is 0 Å². The Hall–Kier alpha value is -2.16. The van der Waals surface area contributed by atoms with Crippen LogP contribution in [0.25, 0.3) is 0 Å². The normalized spacial score (nSPS) is 14.7. The van der Waals surface area contributed by atoms with Gasteiger partial charge in [-0.1, -0.05) is 13.8 Å². The quantitative estimate of drug-likeness (QED) is 0.354. The topological polar surface area (TPSA) is 159 Å². The summed E-state index contributed by atoms with van der Waals surface area (Å²) in [4.78, 5) is 45.1. The average molecular weight is 331 g/mol. The molecule has 0 aromatic rings. The monoisotopic (exact) mass is 331 g/mol. The molecule has 9 heteroatoms. The van der Waals surface area contributed by atoms with Gasteiger partial charge in [-0.2, -0.15) is 0 Å². The maximum absolute atomic E-state index is 11.9. The number of hydrogen-bond donors (Lipinski definition) is 5. The molecule has 0 radical (unpaired) electrons. The first-order valence-electron chi connectivity index (χ1n) is 7.37. The fourth-order valence-electron chi connectivity index (χ4n) is 1.78. The van der Waals surface area contributed by atoms with E-state index in [4.69, 9.17) is 15.9 Å². The van der Waals surface area contributed by atoms with Crippen LogP contribution in [0.3, 0.4) is 0 Å². The summed E-state index contributed by atoms with van der Waals surface area (Å²) in [6.07, 6.45) is 0.459. The molecule has 132 valence electrons. The molecule has 0 spiro atoms. The third kappa shape index (κ3) is 8.15. The molecule has 3 atom stereocenters. The van der Waals surface area contributed by atoms with Crippen LogP contribution in [-0.2, 0) is 19.2 Å². The zero-order valence-corrected chi connectivity index (χ0v) is 13.5. The van der Waals surface area contributed by atoms with E-state index in [1.54, 1.807) is 13.8 Å². The molecular formula is C14H25N3O6. The van der Waals surface area contributed by atoms with Crippen molar-refractivity contribution in [3.63, 3.8) is 0 Å². The Kier molecular flexibility index (Phi) is 8.86. The number of carbonyl (C=O) groups is 4. The van der Waals surface area contributed by atoms with Gasteiger partial charge in [-0.3, -0.25) is 14.4 Å². The highest BCUT2D eigenvalue weighted by atomic mass is 16.4. The largest absolute Gasteiger partial charge is 0.480 e. The maximum Gasteiger partial charge on any atom is 0.326 e. The molecule has 2 amide bonds. The smallest absolute Gasteiger partial charge is 0.326 e. The van der Waals surface area contributed by atoms with Gasteiger partial charge in [0, 0.05) is 6.42 Å². The number of amides is 2. The molecular weight excluding hydrogens is 306 g/mol. The first-order valence-corrected chi connectivity index (χ1v) is 7.37. The Balaban J connectivity index is 4.28. The van der Waals surface area contributed by atoms with Crippen LogP contribution in [0.1, 0.15) is 40.0 Å². The van der Waals surface area contributed by atoms with Crippen LogP contribution in [0.4, 0.5) is 0 Å². The summed E-state index contributed by atoms with van der Waals surface area (Å²) < 4.78 is 0. The summed E-state index contributed by atoms with van der Waals surface area (Å²) in [5, 5.41) is 22.4. The van der Waals surface area contributed by atoms with Crippen molar-refractivity contribution in [1.82, 2.24) is 10.6 Å². The van der Waals surface area contributed by atoms with Gasteiger partial charge in [0.1, 0.15) is 18.1 Å². The van der Waals surface area contributed by atoms with Gasteiger partial charge in [0.05, 0.1) is 0 Å². The molecule has 9 nitrogen and oxygen atoms in total. The Morgan fingerprint density at radius 2 is 1.57 bits per heavy atom. The zero-order valence-electron chi connectivity index (χ0n) is 13.5. The minimum absolute atomic E-state index is 0.0329. The third-order valence-electron chi connectivity index (χ3n) is 3.24. The summed E-state index contributed by atoms with van der Waals surface area (Å²) in [5.74, 6) is -3.60. The Morgan fingerprint density at radius 1 is 1.00 bits per heavy atom. The van der Waals surface area contributed by atoms with E-state index in [1.165, 1.54) is 6.92 Å². The summed E-state index contributed by atoms with van der Waals surface area (Å²) in [6.45, 7) is 4.76. The molecule has 0 aliphatic rings. The number of carboxylic acids is 2. The van der Waals surface area contributed by atoms with Gasteiger partial charge in [-0.15, -0.1) is 0 Å². The van der Waals surface area contributed by atoms with Crippen LogP contribution in [0.15, 0.2) is 0 Å². The first kappa shape index (κ1) is 20.8. The Bertz CT molecular complexity index is 452. The number of carboxylic acid groups (broad SMARTS) is 2. The van der Waals surface area contributed by atoms with Gasteiger partial charge in [0.2, 0.25) is 11.8 Å². The lowest BCUT2D eigenvalue weighted by atomic mass is 10.0. The predicted molar refractivity (Wildman–Crippen MR) is 81.5 cm³/mol. The standard InChI is InChI=1S/C14H25N3O6/c1-7(2)11(14(22)23)17-12(19)8(3)16-10(18)6-4-5-9(15)13(20)21/h7-9,11H,4-6,15H2,1-3H3,(H,16,18)(H,17,19)(H,20,21)(H,22,23). The van der Waals surface area contributed by atoms with E-state index >= 15 is 0 Å². The number of nitrogens with one attached hydrogen (secondary N) is 2. The molecule has 0 aliphatic carbocycles. The van der Waals surface area contributed by atoms with Crippen LogP contribution < -0.4 is 16.4 Å². The minimum atomic E-state index is -1.14. The lowest BCUT2D eigenvalue weighted by molar-refractivity contribution is -0.143. The molecule has 3 unspecified atom stereocenters. The van der Waals surface area contributed by atoms with E-state index in [9.17, 15) is 19.2 Å². The van der Waals surface area contributed by atoms with Crippen LogP contribution in [0.5, 0.6) is 0 Å². The molecule has 0 aromatic heterocycles. The lowest BCUT2D eigenvalue weighted by Crippen LogP contribution is -2.52. The molecule has 0 aliphatic heterocycles. The summed E-state index contributed by atoms with van der Waals surface area (Å²) >= 11 is 0. The molecule has 0 heterocycles. The van der Waals surface area contributed by atoms with Crippen LogP contribution in [0.2, 0.25) is 0 Å². The van der Waals surface area contributed by atoms with Crippen molar-refractivity contribution >= 4 is 23.8 Å². The minimum Gasteiger partial charge on any atom is -0.480 e. The fraction of sp³-hybridized carbons (Fsp3) is 0.714. The summed E-state index contributed by atoms with van der Waals surface area (Å²) in [5.41, 5.74) is 5.31. The zero-order chi connectivity index (χ0) is 18.2. The van der Waals surface area contributed by atoms with Gasteiger partial charge in [0.25, 0.3) is 0 Å². The molecule has 0 fully saturated rings. The number of hydrogen-bond acceptors (Lipinski definition) is 5. The van der Waals surface area contributed by atoms with E-state index < -0.39 is 41.9 Å². The highest BCUT2D eigenvalue weighted by Gasteiger charge is 2.26. The van der Waals surface area contributed by atoms with Crippen molar-refractivity contribution in [3.05, 3.63) is 0 Å².